The summed E-state index contributed by atoms with van der Waals surface area (Å²) in [5.74, 6) is -0.365. The highest BCUT2D eigenvalue weighted by Gasteiger charge is 2.39. The third-order valence-electron chi connectivity index (χ3n) is 4.19. The first-order valence-corrected chi connectivity index (χ1v) is 8.06. The van der Waals surface area contributed by atoms with E-state index in [0.717, 1.165) is 0 Å². The molecule has 132 valence electrons. The molecule has 1 fully saturated rings. The molecular weight excluding hydrogens is 325 g/mol. The van der Waals surface area contributed by atoms with Crippen LogP contribution in [0.1, 0.15) is 25.3 Å². The summed E-state index contributed by atoms with van der Waals surface area (Å²) in [6.07, 6.45) is 2.54. The number of pyridine rings is 1. The second kappa shape index (κ2) is 6.68. The van der Waals surface area contributed by atoms with E-state index in [9.17, 15) is 19.1 Å². The number of hydrogen-bond acceptors (Lipinski definition) is 3. The van der Waals surface area contributed by atoms with Crippen LogP contribution in [0.2, 0.25) is 0 Å². The Morgan fingerprint density at radius 2 is 2.12 bits per heavy atom. The molecule has 1 aromatic heterocycles. The Labute approximate surface area is 144 Å². The average Bonchev–Trinajstić information content (AvgIpc) is 2.49. The van der Waals surface area contributed by atoms with E-state index in [1.54, 1.807) is 19.1 Å². The number of urea groups is 1. The summed E-state index contributed by atoms with van der Waals surface area (Å²) in [7, 11) is 0. The molecule has 3 N–H and O–H groups in total. The highest BCUT2D eigenvalue weighted by atomic mass is 19.1. The number of nitrogens with one attached hydrogen (secondary N) is 2. The van der Waals surface area contributed by atoms with Gasteiger partial charge in [0.25, 0.3) is 5.56 Å². The highest BCUT2D eigenvalue weighted by molar-refractivity contribution is 5.89. The Morgan fingerprint density at radius 1 is 1.36 bits per heavy atom. The number of carbonyl (C=O) groups excluding carboxylic acids is 1. The summed E-state index contributed by atoms with van der Waals surface area (Å²) in [5.41, 5.74) is 0.154. The minimum Gasteiger partial charge on any atom is -0.390 e. The van der Waals surface area contributed by atoms with Crippen molar-refractivity contribution in [3.8, 4) is 0 Å². The van der Waals surface area contributed by atoms with Gasteiger partial charge in [-0.25, -0.2) is 9.18 Å². The molecular formula is C18H20FN3O3. The van der Waals surface area contributed by atoms with Crippen molar-refractivity contribution < 1.29 is 14.3 Å². The van der Waals surface area contributed by atoms with Gasteiger partial charge in [-0.1, -0.05) is 12.1 Å². The van der Waals surface area contributed by atoms with Crippen molar-refractivity contribution in [2.24, 2.45) is 0 Å². The first-order valence-electron chi connectivity index (χ1n) is 8.06. The van der Waals surface area contributed by atoms with E-state index in [1.807, 2.05) is 0 Å². The lowest BCUT2D eigenvalue weighted by molar-refractivity contribution is -0.0351. The molecule has 1 aliphatic carbocycles. The predicted octanol–water partition coefficient (Wildman–Crippen LogP) is 2.07. The summed E-state index contributed by atoms with van der Waals surface area (Å²) in [6, 6.07) is 8.42. The number of anilines is 1. The van der Waals surface area contributed by atoms with Crippen LogP contribution < -0.4 is 16.2 Å². The van der Waals surface area contributed by atoms with Gasteiger partial charge in [-0.3, -0.25) is 4.79 Å². The zero-order valence-electron chi connectivity index (χ0n) is 13.8. The summed E-state index contributed by atoms with van der Waals surface area (Å²) in [5, 5.41) is 15.1. The number of hydrogen-bond donors (Lipinski definition) is 3. The molecule has 1 heterocycles. The minimum absolute atomic E-state index is 0.0619. The van der Waals surface area contributed by atoms with Crippen LogP contribution >= 0.6 is 0 Å². The molecule has 0 saturated heterocycles. The monoisotopic (exact) mass is 345 g/mol. The molecule has 0 atom stereocenters. The molecule has 0 bridgehead atoms. The quantitative estimate of drug-likeness (QED) is 0.793. The number of amides is 2. The van der Waals surface area contributed by atoms with Crippen LogP contribution in [-0.4, -0.2) is 27.3 Å². The Bertz CT molecular complexity index is 839. The van der Waals surface area contributed by atoms with Gasteiger partial charge in [-0.05, 0) is 43.5 Å². The zero-order chi connectivity index (χ0) is 18.0. The molecule has 25 heavy (non-hydrogen) atoms. The van der Waals surface area contributed by atoms with Gasteiger partial charge in [0, 0.05) is 18.3 Å². The maximum Gasteiger partial charge on any atom is 0.319 e. The fourth-order valence-corrected chi connectivity index (χ4v) is 3.02. The minimum atomic E-state index is -0.712. The van der Waals surface area contributed by atoms with Gasteiger partial charge in [-0.15, -0.1) is 0 Å². The second-order valence-corrected chi connectivity index (χ2v) is 6.71. The van der Waals surface area contributed by atoms with Crippen molar-refractivity contribution in [1.82, 2.24) is 9.88 Å². The summed E-state index contributed by atoms with van der Waals surface area (Å²) < 4.78 is 14.7. The van der Waals surface area contributed by atoms with Crippen molar-refractivity contribution in [3.63, 3.8) is 0 Å². The van der Waals surface area contributed by atoms with Crippen LogP contribution in [0.25, 0.3) is 0 Å². The van der Waals surface area contributed by atoms with E-state index in [-0.39, 0.29) is 24.0 Å². The summed E-state index contributed by atoms with van der Waals surface area (Å²) in [6.45, 7) is 1.94. The molecule has 2 aromatic rings. The fourth-order valence-electron chi connectivity index (χ4n) is 3.02. The number of carbonyl (C=O) groups is 1. The normalized spacial score (nSPS) is 22.1. The molecule has 6 nitrogen and oxygen atoms in total. The molecule has 7 heteroatoms. The van der Waals surface area contributed by atoms with Crippen LogP contribution in [0, 0.1) is 5.82 Å². The van der Waals surface area contributed by atoms with Gasteiger partial charge in [0.1, 0.15) is 5.82 Å². The number of aromatic nitrogens is 1. The molecule has 0 radical (unpaired) electrons. The first kappa shape index (κ1) is 17.2. The summed E-state index contributed by atoms with van der Waals surface area (Å²) in [4.78, 5) is 23.9. The third kappa shape index (κ3) is 4.45. The van der Waals surface area contributed by atoms with Crippen molar-refractivity contribution in [2.45, 2.75) is 38.0 Å². The van der Waals surface area contributed by atoms with E-state index in [1.165, 1.54) is 35.0 Å². The topological polar surface area (TPSA) is 83.4 Å². The van der Waals surface area contributed by atoms with Crippen molar-refractivity contribution >= 4 is 11.7 Å². The third-order valence-corrected chi connectivity index (χ3v) is 4.19. The SMILES string of the molecule is CC1(O)CC(NC(=O)Nc2ccc(=O)n(Cc3cccc(F)c3)c2)C1. The average molecular weight is 345 g/mol. The molecule has 1 saturated carbocycles. The largest absolute Gasteiger partial charge is 0.390 e. The molecule has 0 spiro atoms. The lowest BCUT2D eigenvalue weighted by Gasteiger charge is -2.41. The Morgan fingerprint density at radius 3 is 2.80 bits per heavy atom. The van der Waals surface area contributed by atoms with Crippen molar-refractivity contribution in [2.75, 3.05) is 5.32 Å². The van der Waals surface area contributed by atoms with Crippen LogP contribution in [-0.2, 0) is 6.54 Å². The Hall–Kier alpha value is -2.67. The lowest BCUT2D eigenvalue weighted by atomic mass is 9.77. The number of rotatable bonds is 4. The standard InChI is InChI=1S/C18H20FN3O3/c1-18(25)8-15(9-18)21-17(24)20-14-5-6-16(23)22(11-14)10-12-3-2-4-13(19)7-12/h2-7,11,15,25H,8-10H2,1H3,(H2,20,21,24). The molecule has 0 unspecified atom stereocenters. The van der Waals surface area contributed by atoms with Gasteiger partial charge in [-0.2, -0.15) is 0 Å². The van der Waals surface area contributed by atoms with Crippen LogP contribution in [0.5, 0.6) is 0 Å². The maximum atomic E-state index is 13.3. The molecule has 0 aliphatic heterocycles. The van der Waals surface area contributed by atoms with Crippen LogP contribution in [0.3, 0.4) is 0 Å². The van der Waals surface area contributed by atoms with Gasteiger partial charge in [0.05, 0.1) is 17.8 Å². The predicted molar refractivity (Wildman–Crippen MR) is 92.0 cm³/mol. The van der Waals surface area contributed by atoms with E-state index in [2.05, 4.69) is 10.6 Å². The lowest BCUT2D eigenvalue weighted by Crippen LogP contribution is -2.54. The van der Waals surface area contributed by atoms with E-state index in [0.29, 0.717) is 24.1 Å². The summed E-state index contributed by atoms with van der Waals surface area (Å²) >= 11 is 0. The fraction of sp³-hybridized carbons (Fsp3) is 0.333. The first-order chi connectivity index (χ1) is 11.8. The molecule has 1 aliphatic rings. The van der Waals surface area contributed by atoms with Crippen LogP contribution in [0.15, 0.2) is 47.4 Å². The number of nitrogens with zero attached hydrogens (tertiary/aromatic N) is 1. The molecule has 1 aromatic carbocycles. The highest BCUT2D eigenvalue weighted by Crippen LogP contribution is 2.31. The zero-order valence-corrected chi connectivity index (χ0v) is 13.8. The van der Waals surface area contributed by atoms with Gasteiger partial charge in [0.2, 0.25) is 0 Å². The Kier molecular flexibility index (Phi) is 4.59. The number of benzene rings is 1. The number of halogens is 1. The van der Waals surface area contributed by atoms with Crippen molar-refractivity contribution in [3.05, 3.63) is 64.3 Å². The Balaban J connectivity index is 1.65. The smallest absolute Gasteiger partial charge is 0.319 e. The van der Waals surface area contributed by atoms with Gasteiger partial charge < -0.3 is 20.3 Å². The maximum absolute atomic E-state index is 13.3. The second-order valence-electron chi connectivity index (χ2n) is 6.71. The molecule has 3 rings (SSSR count). The van der Waals surface area contributed by atoms with Crippen LogP contribution in [0.4, 0.5) is 14.9 Å². The number of aliphatic hydroxyl groups is 1. The molecule has 2 amide bonds. The van der Waals surface area contributed by atoms with E-state index in [4.69, 9.17) is 0 Å². The van der Waals surface area contributed by atoms with Gasteiger partial charge >= 0.3 is 6.03 Å². The van der Waals surface area contributed by atoms with Gasteiger partial charge in [0.15, 0.2) is 0 Å². The van der Waals surface area contributed by atoms with Crippen molar-refractivity contribution in [1.29, 1.82) is 0 Å². The van der Waals surface area contributed by atoms with E-state index < -0.39 is 11.6 Å². The van der Waals surface area contributed by atoms with E-state index >= 15 is 0 Å².